The van der Waals surface area contributed by atoms with Crippen molar-refractivity contribution in [3.8, 4) is 5.75 Å². The zero-order valence-corrected chi connectivity index (χ0v) is 17.0. The molecular formula is C21H23N3O4S. The van der Waals surface area contributed by atoms with Crippen LogP contribution in [0.5, 0.6) is 5.75 Å². The van der Waals surface area contributed by atoms with Gasteiger partial charge in [0.05, 0.1) is 18.4 Å². The number of methoxy groups -OCH3 is 1. The van der Waals surface area contributed by atoms with E-state index in [9.17, 15) is 13.2 Å². The first kappa shape index (κ1) is 19.5. The molecule has 1 aliphatic heterocycles. The molecule has 0 saturated heterocycles. The number of ether oxygens (including phenoxy) is 1. The molecule has 0 bridgehead atoms. The van der Waals surface area contributed by atoms with Crippen LogP contribution in [0, 0.1) is 0 Å². The Labute approximate surface area is 169 Å². The SMILES string of the molecule is COc1ccc2c(c1)CCN(S(=O)(=O)CCNC(=O)c1c[nH]c3ccccc13)C2. The monoisotopic (exact) mass is 413 g/mol. The average molecular weight is 413 g/mol. The van der Waals surface area contributed by atoms with Crippen LogP contribution in [0.2, 0.25) is 0 Å². The zero-order valence-electron chi connectivity index (χ0n) is 16.1. The largest absolute Gasteiger partial charge is 0.497 e. The Morgan fingerprint density at radius 2 is 2.03 bits per heavy atom. The summed E-state index contributed by atoms with van der Waals surface area (Å²) in [7, 11) is -1.85. The fourth-order valence-corrected chi connectivity index (χ4v) is 4.97. The Bertz CT molecular complexity index is 1150. The first-order valence-corrected chi connectivity index (χ1v) is 11.1. The molecule has 0 saturated carbocycles. The van der Waals surface area contributed by atoms with Gasteiger partial charge in [-0.05, 0) is 35.7 Å². The second kappa shape index (κ2) is 7.88. The molecule has 8 heteroatoms. The Morgan fingerprint density at radius 3 is 2.86 bits per heavy atom. The predicted octanol–water partition coefficient (Wildman–Crippen LogP) is 2.29. The standard InChI is InChI=1S/C21H23N3O4S/c1-28-17-7-6-16-14-24(10-8-15(16)12-17)29(26,27)11-9-22-21(25)19-13-23-20-5-3-2-4-18(19)20/h2-7,12-13,23H,8-11,14H2,1H3,(H,22,25). The lowest BCUT2D eigenvalue weighted by Crippen LogP contribution is -2.40. The molecule has 0 unspecified atom stereocenters. The number of aromatic amines is 1. The number of H-pyrrole nitrogens is 1. The van der Waals surface area contributed by atoms with Crippen molar-refractivity contribution in [3.05, 3.63) is 65.4 Å². The Kier molecular flexibility index (Phi) is 5.29. The summed E-state index contributed by atoms with van der Waals surface area (Å²) in [6.07, 6.45) is 2.29. The highest BCUT2D eigenvalue weighted by atomic mass is 32.2. The number of amides is 1. The van der Waals surface area contributed by atoms with E-state index in [1.54, 1.807) is 13.3 Å². The molecule has 2 aromatic carbocycles. The van der Waals surface area contributed by atoms with Crippen molar-refractivity contribution in [2.45, 2.75) is 13.0 Å². The summed E-state index contributed by atoms with van der Waals surface area (Å²) in [5.74, 6) is 0.362. The molecule has 2 heterocycles. The number of nitrogens with zero attached hydrogens (tertiary/aromatic N) is 1. The van der Waals surface area contributed by atoms with Crippen LogP contribution in [0.15, 0.2) is 48.7 Å². The number of hydrogen-bond donors (Lipinski definition) is 2. The van der Waals surface area contributed by atoms with Crippen LogP contribution in [0.25, 0.3) is 10.9 Å². The van der Waals surface area contributed by atoms with Gasteiger partial charge in [0.1, 0.15) is 5.75 Å². The number of benzene rings is 2. The highest BCUT2D eigenvalue weighted by molar-refractivity contribution is 7.89. The molecule has 7 nitrogen and oxygen atoms in total. The van der Waals surface area contributed by atoms with E-state index in [1.807, 2.05) is 42.5 Å². The Morgan fingerprint density at radius 1 is 1.21 bits per heavy atom. The molecule has 1 aromatic heterocycles. The second-order valence-electron chi connectivity index (χ2n) is 7.04. The van der Waals surface area contributed by atoms with Gasteiger partial charge < -0.3 is 15.0 Å². The molecule has 3 aromatic rings. The summed E-state index contributed by atoms with van der Waals surface area (Å²) >= 11 is 0. The van der Waals surface area contributed by atoms with E-state index in [0.29, 0.717) is 25.1 Å². The Hall–Kier alpha value is -2.84. The van der Waals surface area contributed by atoms with E-state index in [0.717, 1.165) is 27.8 Å². The summed E-state index contributed by atoms with van der Waals surface area (Å²) in [5, 5.41) is 3.54. The predicted molar refractivity (Wildman–Crippen MR) is 112 cm³/mol. The minimum atomic E-state index is -3.47. The molecule has 1 amide bonds. The third-order valence-electron chi connectivity index (χ3n) is 5.26. The van der Waals surface area contributed by atoms with Crippen LogP contribution >= 0.6 is 0 Å². The third-order valence-corrected chi connectivity index (χ3v) is 7.08. The number of sulfonamides is 1. The summed E-state index contributed by atoms with van der Waals surface area (Å²) in [5.41, 5.74) is 3.49. The molecule has 0 spiro atoms. The maximum Gasteiger partial charge on any atom is 0.253 e. The van der Waals surface area contributed by atoms with E-state index >= 15 is 0 Å². The van der Waals surface area contributed by atoms with E-state index < -0.39 is 10.0 Å². The van der Waals surface area contributed by atoms with Crippen LogP contribution in [-0.2, 0) is 23.0 Å². The number of carbonyl (C=O) groups excluding carboxylic acids is 1. The number of carbonyl (C=O) groups is 1. The number of para-hydroxylation sites is 1. The van der Waals surface area contributed by atoms with E-state index in [4.69, 9.17) is 4.74 Å². The van der Waals surface area contributed by atoms with Crippen LogP contribution in [0.1, 0.15) is 21.5 Å². The van der Waals surface area contributed by atoms with Crippen molar-refractivity contribution in [1.82, 2.24) is 14.6 Å². The second-order valence-corrected chi connectivity index (χ2v) is 9.13. The first-order chi connectivity index (χ1) is 14.0. The molecule has 0 atom stereocenters. The first-order valence-electron chi connectivity index (χ1n) is 9.46. The van der Waals surface area contributed by atoms with Crippen LogP contribution in [0.4, 0.5) is 0 Å². The van der Waals surface area contributed by atoms with Gasteiger partial charge in [-0.15, -0.1) is 0 Å². The van der Waals surface area contributed by atoms with Crippen LogP contribution in [-0.4, -0.2) is 49.6 Å². The van der Waals surface area contributed by atoms with E-state index in [2.05, 4.69) is 10.3 Å². The summed E-state index contributed by atoms with van der Waals surface area (Å²) in [4.78, 5) is 15.5. The summed E-state index contributed by atoms with van der Waals surface area (Å²) in [6.45, 7) is 0.837. The van der Waals surface area contributed by atoms with E-state index in [1.165, 1.54) is 4.31 Å². The molecule has 152 valence electrons. The van der Waals surface area contributed by atoms with Crippen molar-refractivity contribution in [3.63, 3.8) is 0 Å². The maximum absolute atomic E-state index is 12.7. The molecule has 29 heavy (non-hydrogen) atoms. The third kappa shape index (κ3) is 3.99. The van der Waals surface area contributed by atoms with E-state index in [-0.39, 0.29) is 18.2 Å². The minimum Gasteiger partial charge on any atom is -0.497 e. The maximum atomic E-state index is 12.7. The smallest absolute Gasteiger partial charge is 0.253 e. The number of hydrogen-bond acceptors (Lipinski definition) is 4. The van der Waals surface area contributed by atoms with Gasteiger partial charge in [0.25, 0.3) is 5.91 Å². The number of aromatic nitrogens is 1. The van der Waals surface area contributed by atoms with Crippen molar-refractivity contribution >= 4 is 26.8 Å². The minimum absolute atomic E-state index is 0.0621. The van der Waals surface area contributed by atoms with Gasteiger partial charge in [-0.2, -0.15) is 4.31 Å². The normalized spacial score (nSPS) is 14.5. The molecule has 4 rings (SSSR count). The zero-order chi connectivity index (χ0) is 20.4. The lowest BCUT2D eigenvalue weighted by atomic mass is 10.0. The molecule has 0 aliphatic carbocycles. The number of fused-ring (bicyclic) bond motifs is 2. The lowest BCUT2D eigenvalue weighted by molar-refractivity contribution is 0.0957. The average Bonchev–Trinajstić information content (AvgIpc) is 3.17. The topological polar surface area (TPSA) is 91.5 Å². The van der Waals surface area contributed by atoms with Gasteiger partial charge in [0.15, 0.2) is 0 Å². The highest BCUT2D eigenvalue weighted by Crippen LogP contribution is 2.25. The van der Waals surface area contributed by atoms with Gasteiger partial charge >= 0.3 is 0 Å². The van der Waals surface area contributed by atoms with Crippen molar-refractivity contribution in [1.29, 1.82) is 0 Å². The number of nitrogens with one attached hydrogen (secondary N) is 2. The van der Waals surface area contributed by atoms with Gasteiger partial charge in [-0.25, -0.2) is 8.42 Å². The highest BCUT2D eigenvalue weighted by Gasteiger charge is 2.27. The molecular weight excluding hydrogens is 390 g/mol. The van der Waals surface area contributed by atoms with Gasteiger partial charge in [0, 0.05) is 36.7 Å². The van der Waals surface area contributed by atoms with Crippen molar-refractivity contribution in [2.75, 3.05) is 26.0 Å². The van der Waals surface area contributed by atoms with Crippen molar-refractivity contribution in [2.24, 2.45) is 0 Å². The molecule has 0 fully saturated rings. The molecule has 1 aliphatic rings. The molecule has 2 N–H and O–H groups in total. The fraction of sp³-hybridized carbons (Fsp3) is 0.286. The fourth-order valence-electron chi connectivity index (χ4n) is 3.65. The lowest BCUT2D eigenvalue weighted by Gasteiger charge is -2.28. The van der Waals surface area contributed by atoms with Crippen LogP contribution < -0.4 is 10.1 Å². The summed E-state index contributed by atoms with van der Waals surface area (Å²) < 4.78 is 32.2. The quantitative estimate of drug-likeness (QED) is 0.649. The summed E-state index contributed by atoms with van der Waals surface area (Å²) in [6, 6.07) is 13.2. The van der Waals surface area contributed by atoms with Gasteiger partial charge in [-0.3, -0.25) is 4.79 Å². The van der Waals surface area contributed by atoms with Crippen LogP contribution in [0.3, 0.4) is 0 Å². The number of rotatable bonds is 6. The Balaban J connectivity index is 1.37. The molecule has 0 radical (unpaired) electrons. The van der Waals surface area contributed by atoms with Gasteiger partial charge in [0.2, 0.25) is 10.0 Å². The van der Waals surface area contributed by atoms with Gasteiger partial charge in [-0.1, -0.05) is 24.3 Å². The van der Waals surface area contributed by atoms with Crippen molar-refractivity contribution < 1.29 is 17.9 Å².